The first-order chi connectivity index (χ1) is 15.0. The third-order valence-electron chi connectivity index (χ3n) is 5.27. The van der Waals surface area contributed by atoms with E-state index in [9.17, 15) is 9.59 Å². The van der Waals surface area contributed by atoms with Gasteiger partial charge in [0.1, 0.15) is 23.4 Å². The zero-order valence-corrected chi connectivity index (χ0v) is 17.6. The van der Waals surface area contributed by atoms with Crippen LogP contribution in [0.3, 0.4) is 0 Å². The van der Waals surface area contributed by atoms with Crippen LogP contribution < -0.4 is 19.7 Å². The molecule has 7 heteroatoms. The molecule has 0 fully saturated rings. The van der Waals surface area contributed by atoms with Crippen molar-refractivity contribution in [2.24, 2.45) is 0 Å². The largest absolute Gasteiger partial charge is 0.497 e. The van der Waals surface area contributed by atoms with Gasteiger partial charge in [0.25, 0.3) is 0 Å². The number of hydrogen-bond donors (Lipinski definition) is 1. The Labute approximate surface area is 180 Å². The fourth-order valence-electron chi connectivity index (χ4n) is 3.81. The fraction of sp³-hybridized carbons (Fsp3) is 0.208. The lowest BCUT2D eigenvalue weighted by atomic mass is 10.1. The average molecular weight is 417 g/mol. The summed E-state index contributed by atoms with van der Waals surface area (Å²) in [6.45, 7) is 1.47. The van der Waals surface area contributed by atoms with Gasteiger partial charge in [0.15, 0.2) is 0 Å². The van der Waals surface area contributed by atoms with Crippen LogP contribution in [0.25, 0.3) is 11.3 Å². The summed E-state index contributed by atoms with van der Waals surface area (Å²) in [6, 6.07) is 17.8. The van der Waals surface area contributed by atoms with Crippen molar-refractivity contribution in [3.63, 3.8) is 0 Å². The Morgan fingerprint density at radius 2 is 1.71 bits per heavy atom. The first-order valence-electron chi connectivity index (χ1n) is 9.89. The van der Waals surface area contributed by atoms with Crippen LogP contribution in [0.4, 0.5) is 11.5 Å². The Bertz CT molecular complexity index is 1120. The maximum absolute atomic E-state index is 13.1. The molecule has 1 atom stereocenters. The summed E-state index contributed by atoms with van der Waals surface area (Å²) in [6.07, 6.45) is 0.467. The van der Waals surface area contributed by atoms with E-state index in [1.807, 2.05) is 48.5 Å². The average Bonchev–Trinajstić information content (AvgIpc) is 3.19. The number of benzene rings is 2. The molecule has 2 aromatic carbocycles. The molecule has 0 radical (unpaired) electrons. The summed E-state index contributed by atoms with van der Waals surface area (Å²) >= 11 is 0. The molecule has 0 spiro atoms. The summed E-state index contributed by atoms with van der Waals surface area (Å²) in [7, 11) is 3.17. The minimum Gasteiger partial charge on any atom is -0.497 e. The summed E-state index contributed by atoms with van der Waals surface area (Å²) in [5.41, 5.74) is 3.21. The van der Waals surface area contributed by atoms with E-state index in [1.165, 1.54) is 6.92 Å². The van der Waals surface area contributed by atoms with Gasteiger partial charge in [-0.15, -0.1) is 0 Å². The highest BCUT2D eigenvalue weighted by atomic mass is 16.5. The Morgan fingerprint density at radius 3 is 2.39 bits per heavy atom. The number of nitrogens with one attached hydrogen (secondary N) is 1. The molecule has 31 heavy (non-hydrogen) atoms. The zero-order valence-electron chi connectivity index (χ0n) is 17.6. The number of hydrogen-bond acceptors (Lipinski definition) is 5. The Balaban J connectivity index is 1.59. The summed E-state index contributed by atoms with van der Waals surface area (Å²) in [5.74, 6) is 1.25. The lowest BCUT2D eigenvalue weighted by Crippen LogP contribution is -2.44. The van der Waals surface area contributed by atoms with Gasteiger partial charge in [-0.2, -0.15) is 0 Å². The van der Waals surface area contributed by atoms with Crippen molar-refractivity contribution >= 4 is 23.3 Å². The molecule has 158 valence electrons. The normalized spacial score (nSPS) is 14.7. The maximum atomic E-state index is 13.1. The number of nitrogens with zero attached hydrogens (tertiary/aromatic N) is 2. The van der Waals surface area contributed by atoms with Crippen molar-refractivity contribution in [3.05, 3.63) is 66.2 Å². The number of fused-ring (bicyclic) bond motifs is 1. The molecule has 1 aromatic heterocycles. The van der Waals surface area contributed by atoms with Crippen molar-refractivity contribution in [2.75, 3.05) is 24.4 Å². The first kappa shape index (κ1) is 20.4. The summed E-state index contributed by atoms with van der Waals surface area (Å²) in [5, 5.41) is 2.86. The van der Waals surface area contributed by atoms with Crippen LogP contribution in [0.15, 0.2) is 60.7 Å². The van der Waals surface area contributed by atoms with E-state index in [2.05, 4.69) is 10.3 Å². The van der Waals surface area contributed by atoms with E-state index < -0.39 is 6.04 Å². The number of anilines is 2. The van der Waals surface area contributed by atoms with Crippen LogP contribution in [-0.2, 0) is 16.0 Å². The molecule has 3 aromatic rings. The standard InChI is InChI=1S/C24H23N3O4/c1-15(28)27-21-9-5-4-7-16(21)13-22(27)24(29)26-23-10-6-8-20(25-23)17-11-18(30-2)14-19(12-17)31-3/h4-12,14,22H,13H2,1-3H3,(H,25,26,29)/t22-/m0/s1. The molecule has 4 rings (SSSR count). The van der Waals surface area contributed by atoms with Gasteiger partial charge < -0.3 is 14.8 Å². The highest BCUT2D eigenvalue weighted by molar-refractivity contribution is 6.06. The molecule has 1 aliphatic rings. The molecule has 1 aliphatic heterocycles. The minimum atomic E-state index is -0.614. The van der Waals surface area contributed by atoms with Crippen molar-refractivity contribution in [1.82, 2.24) is 4.98 Å². The monoisotopic (exact) mass is 417 g/mol. The molecule has 2 amide bonds. The fourth-order valence-corrected chi connectivity index (χ4v) is 3.81. The van der Waals surface area contributed by atoms with Crippen LogP contribution in [0.1, 0.15) is 12.5 Å². The third-order valence-corrected chi connectivity index (χ3v) is 5.27. The molecule has 2 heterocycles. The van der Waals surface area contributed by atoms with Gasteiger partial charge in [-0.25, -0.2) is 4.98 Å². The highest BCUT2D eigenvalue weighted by Crippen LogP contribution is 2.33. The van der Waals surface area contributed by atoms with Gasteiger partial charge in [-0.1, -0.05) is 24.3 Å². The van der Waals surface area contributed by atoms with Gasteiger partial charge in [-0.3, -0.25) is 14.5 Å². The molecule has 0 saturated heterocycles. The lowest BCUT2D eigenvalue weighted by Gasteiger charge is -2.23. The SMILES string of the molecule is COc1cc(OC)cc(-c2cccc(NC(=O)[C@@H]3Cc4ccccc4N3C(C)=O)n2)c1. The number of aromatic nitrogens is 1. The molecule has 0 saturated carbocycles. The van der Waals surface area contributed by atoms with Crippen LogP contribution in [0.2, 0.25) is 0 Å². The van der Waals surface area contributed by atoms with E-state index in [0.717, 1.165) is 16.8 Å². The number of methoxy groups -OCH3 is 2. The zero-order chi connectivity index (χ0) is 22.0. The number of para-hydroxylation sites is 1. The van der Waals surface area contributed by atoms with Gasteiger partial charge in [0, 0.05) is 30.7 Å². The van der Waals surface area contributed by atoms with Crippen LogP contribution in [0, 0.1) is 0 Å². The number of rotatable bonds is 5. The smallest absolute Gasteiger partial charge is 0.249 e. The number of ether oxygens (including phenoxy) is 2. The minimum absolute atomic E-state index is 0.171. The molecular formula is C24H23N3O4. The number of pyridine rings is 1. The topological polar surface area (TPSA) is 80.8 Å². The Hall–Kier alpha value is -3.87. The second-order valence-electron chi connectivity index (χ2n) is 7.24. The molecule has 7 nitrogen and oxygen atoms in total. The van der Waals surface area contributed by atoms with Crippen LogP contribution >= 0.6 is 0 Å². The Morgan fingerprint density at radius 1 is 1.00 bits per heavy atom. The van der Waals surface area contributed by atoms with Gasteiger partial charge in [-0.05, 0) is 35.9 Å². The van der Waals surface area contributed by atoms with E-state index in [1.54, 1.807) is 31.3 Å². The van der Waals surface area contributed by atoms with Crippen molar-refractivity contribution in [1.29, 1.82) is 0 Å². The van der Waals surface area contributed by atoms with Gasteiger partial charge >= 0.3 is 0 Å². The van der Waals surface area contributed by atoms with E-state index in [4.69, 9.17) is 9.47 Å². The number of amides is 2. The predicted molar refractivity (Wildman–Crippen MR) is 119 cm³/mol. The number of carbonyl (C=O) groups is 2. The number of carbonyl (C=O) groups excluding carboxylic acids is 2. The third kappa shape index (κ3) is 4.07. The first-order valence-corrected chi connectivity index (χ1v) is 9.89. The molecule has 0 bridgehead atoms. The van der Waals surface area contributed by atoms with E-state index in [-0.39, 0.29) is 11.8 Å². The van der Waals surface area contributed by atoms with Crippen molar-refractivity contribution in [2.45, 2.75) is 19.4 Å². The van der Waals surface area contributed by atoms with Crippen LogP contribution in [-0.4, -0.2) is 37.1 Å². The summed E-state index contributed by atoms with van der Waals surface area (Å²) < 4.78 is 10.7. The van der Waals surface area contributed by atoms with Gasteiger partial charge in [0.05, 0.1) is 19.9 Å². The van der Waals surface area contributed by atoms with Gasteiger partial charge in [0.2, 0.25) is 11.8 Å². The molecule has 0 unspecified atom stereocenters. The molecule has 0 aliphatic carbocycles. The van der Waals surface area contributed by atoms with E-state index in [0.29, 0.717) is 29.4 Å². The second-order valence-corrected chi connectivity index (χ2v) is 7.24. The van der Waals surface area contributed by atoms with Crippen molar-refractivity contribution in [3.8, 4) is 22.8 Å². The molecule has 1 N–H and O–H groups in total. The quantitative estimate of drug-likeness (QED) is 0.685. The lowest BCUT2D eigenvalue weighted by molar-refractivity contribution is -0.122. The second kappa shape index (κ2) is 8.47. The van der Waals surface area contributed by atoms with Crippen LogP contribution in [0.5, 0.6) is 11.5 Å². The molecular weight excluding hydrogens is 394 g/mol. The Kier molecular flexibility index (Phi) is 5.58. The van der Waals surface area contributed by atoms with Crippen molar-refractivity contribution < 1.29 is 19.1 Å². The predicted octanol–water partition coefficient (Wildman–Crippen LogP) is 3.68. The summed E-state index contributed by atoms with van der Waals surface area (Å²) in [4.78, 5) is 31.4. The maximum Gasteiger partial charge on any atom is 0.249 e. The highest BCUT2D eigenvalue weighted by Gasteiger charge is 2.36. The van der Waals surface area contributed by atoms with E-state index >= 15 is 0 Å².